The molecule has 2 aromatic carbocycles. The van der Waals surface area contributed by atoms with E-state index in [-0.39, 0.29) is 0 Å². The standard InChI is InChI=1S/C20H18/c1-12-8-15-4-5-17-10-13(2)14(3)18-7-6-16(9-12)19(11-15)20(17)18/h4-10H,11H2,1-3H3. The van der Waals surface area contributed by atoms with Gasteiger partial charge in [-0.15, -0.1) is 0 Å². The molecule has 2 aliphatic rings. The molecule has 20 heavy (non-hydrogen) atoms. The van der Waals surface area contributed by atoms with E-state index in [0.29, 0.717) is 0 Å². The SMILES string of the molecule is CC1=Cc2ccc3c(C)c(C)cc4c3c2CC(=C1)C=C4. The van der Waals surface area contributed by atoms with Crippen molar-refractivity contribution in [3.8, 4) is 0 Å². The Hall–Kier alpha value is -2.08. The number of rotatable bonds is 0. The third-order valence-electron chi connectivity index (χ3n) is 4.66. The van der Waals surface area contributed by atoms with Crippen molar-refractivity contribution in [3.05, 3.63) is 69.3 Å². The second-order valence-corrected chi connectivity index (χ2v) is 6.08. The molecule has 0 aliphatic heterocycles. The molecular formula is C20H18. The number of hydrogen-bond acceptors (Lipinski definition) is 0. The van der Waals surface area contributed by atoms with Gasteiger partial charge in [-0.25, -0.2) is 0 Å². The maximum absolute atomic E-state index is 2.34. The molecule has 0 saturated carbocycles. The van der Waals surface area contributed by atoms with Crippen LogP contribution in [0.3, 0.4) is 0 Å². The minimum absolute atomic E-state index is 1.05. The summed E-state index contributed by atoms with van der Waals surface area (Å²) in [6.45, 7) is 6.64. The monoisotopic (exact) mass is 258 g/mol. The molecule has 0 atom stereocenters. The largest absolute Gasteiger partial charge is 0.0581 e. The lowest BCUT2D eigenvalue weighted by Crippen LogP contribution is -1.95. The highest BCUT2D eigenvalue weighted by molar-refractivity contribution is 5.99. The number of aryl methyl sites for hydroxylation is 2. The number of benzene rings is 2. The average Bonchev–Trinajstić information content (AvgIpc) is 2.68. The van der Waals surface area contributed by atoms with E-state index < -0.39 is 0 Å². The fourth-order valence-electron chi connectivity index (χ4n) is 3.53. The van der Waals surface area contributed by atoms with Crippen LogP contribution in [0.5, 0.6) is 0 Å². The predicted octanol–water partition coefficient (Wildman–Crippen LogP) is 5.37. The molecule has 98 valence electrons. The van der Waals surface area contributed by atoms with Gasteiger partial charge in [0.2, 0.25) is 0 Å². The van der Waals surface area contributed by atoms with Gasteiger partial charge < -0.3 is 0 Å². The van der Waals surface area contributed by atoms with Gasteiger partial charge >= 0.3 is 0 Å². The zero-order valence-electron chi connectivity index (χ0n) is 12.2. The van der Waals surface area contributed by atoms with Crippen LogP contribution in [0.2, 0.25) is 0 Å². The van der Waals surface area contributed by atoms with E-state index in [1.807, 2.05) is 0 Å². The zero-order chi connectivity index (χ0) is 13.9. The zero-order valence-corrected chi connectivity index (χ0v) is 12.2. The van der Waals surface area contributed by atoms with Crippen LogP contribution >= 0.6 is 0 Å². The van der Waals surface area contributed by atoms with Crippen LogP contribution in [-0.4, -0.2) is 0 Å². The highest BCUT2D eigenvalue weighted by atomic mass is 14.2. The van der Waals surface area contributed by atoms with E-state index in [0.717, 1.165) is 6.42 Å². The molecule has 0 nitrogen and oxygen atoms in total. The Bertz CT molecular complexity index is 842. The summed E-state index contributed by atoms with van der Waals surface area (Å²) in [6, 6.07) is 6.93. The normalized spacial score (nSPS) is 15.9. The Morgan fingerprint density at radius 2 is 1.75 bits per heavy atom. The number of fused-ring (bicyclic) bond motifs is 1. The van der Waals surface area contributed by atoms with Crippen molar-refractivity contribution in [2.45, 2.75) is 27.2 Å². The molecule has 0 N–H and O–H groups in total. The molecule has 0 aromatic heterocycles. The van der Waals surface area contributed by atoms with Crippen LogP contribution in [0.25, 0.3) is 22.9 Å². The van der Waals surface area contributed by atoms with Gasteiger partial charge in [-0.05, 0) is 71.4 Å². The quantitative estimate of drug-likeness (QED) is 0.596. The first kappa shape index (κ1) is 11.7. The molecule has 0 heterocycles. The highest BCUT2D eigenvalue weighted by Gasteiger charge is 2.17. The number of hydrogen-bond donors (Lipinski definition) is 0. The van der Waals surface area contributed by atoms with Gasteiger partial charge in [-0.2, -0.15) is 0 Å². The van der Waals surface area contributed by atoms with Crippen molar-refractivity contribution >= 4 is 22.9 Å². The van der Waals surface area contributed by atoms with Gasteiger partial charge in [-0.1, -0.05) is 48.1 Å². The Kier molecular flexibility index (Phi) is 2.32. The van der Waals surface area contributed by atoms with Crippen molar-refractivity contribution < 1.29 is 0 Å². The van der Waals surface area contributed by atoms with E-state index in [1.54, 1.807) is 0 Å². The summed E-state index contributed by atoms with van der Waals surface area (Å²) in [5, 5.41) is 2.87. The van der Waals surface area contributed by atoms with Gasteiger partial charge in [0.15, 0.2) is 0 Å². The van der Waals surface area contributed by atoms with Gasteiger partial charge in [0.05, 0.1) is 0 Å². The second kappa shape index (κ2) is 3.96. The van der Waals surface area contributed by atoms with Crippen molar-refractivity contribution in [1.82, 2.24) is 0 Å². The Morgan fingerprint density at radius 3 is 2.60 bits per heavy atom. The first-order valence-corrected chi connectivity index (χ1v) is 7.26. The summed E-state index contributed by atoms with van der Waals surface area (Å²) < 4.78 is 0. The maximum atomic E-state index is 2.34. The summed E-state index contributed by atoms with van der Waals surface area (Å²) in [7, 11) is 0. The van der Waals surface area contributed by atoms with Crippen LogP contribution < -0.4 is 0 Å². The maximum Gasteiger partial charge on any atom is -0.00133 e. The second-order valence-electron chi connectivity index (χ2n) is 6.08. The van der Waals surface area contributed by atoms with Gasteiger partial charge in [0, 0.05) is 0 Å². The van der Waals surface area contributed by atoms with Crippen LogP contribution in [0, 0.1) is 13.8 Å². The highest BCUT2D eigenvalue weighted by Crippen LogP contribution is 2.37. The van der Waals surface area contributed by atoms with Gasteiger partial charge in [0.1, 0.15) is 0 Å². The van der Waals surface area contributed by atoms with E-state index in [9.17, 15) is 0 Å². The summed E-state index contributed by atoms with van der Waals surface area (Å²) in [6.07, 6.45) is 10.3. The topological polar surface area (TPSA) is 0 Å². The predicted molar refractivity (Wildman–Crippen MR) is 87.9 cm³/mol. The first-order chi connectivity index (χ1) is 9.63. The van der Waals surface area contributed by atoms with E-state index >= 15 is 0 Å². The summed E-state index contributed by atoms with van der Waals surface area (Å²) in [5.74, 6) is 0. The molecule has 0 heteroatoms. The summed E-state index contributed by atoms with van der Waals surface area (Å²) in [4.78, 5) is 0. The lowest BCUT2D eigenvalue weighted by Gasteiger charge is -2.14. The molecule has 0 spiro atoms. The van der Waals surface area contributed by atoms with Crippen LogP contribution in [-0.2, 0) is 6.42 Å². The van der Waals surface area contributed by atoms with Gasteiger partial charge in [-0.3, -0.25) is 0 Å². The minimum atomic E-state index is 1.05. The van der Waals surface area contributed by atoms with Crippen molar-refractivity contribution in [2.24, 2.45) is 0 Å². The average molecular weight is 258 g/mol. The molecule has 0 fully saturated rings. The molecule has 0 radical (unpaired) electrons. The fourth-order valence-corrected chi connectivity index (χ4v) is 3.53. The summed E-state index contributed by atoms with van der Waals surface area (Å²) >= 11 is 0. The van der Waals surface area contributed by atoms with Crippen molar-refractivity contribution in [3.63, 3.8) is 0 Å². The van der Waals surface area contributed by atoms with Crippen LogP contribution in [0.15, 0.2) is 41.5 Å². The van der Waals surface area contributed by atoms with Gasteiger partial charge in [0.25, 0.3) is 0 Å². The third kappa shape index (κ3) is 1.54. The molecule has 2 bridgehead atoms. The smallest absolute Gasteiger partial charge is 0.00133 e. The van der Waals surface area contributed by atoms with Crippen LogP contribution in [0.1, 0.15) is 34.7 Å². The van der Waals surface area contributed by atoms with E-state index in [2.05, 4.69) is 63.3 Å². The van der Waals surface area contributed by atoms with E-state index in [4.69, 9.17) is 0 Å². The lowest BCUT2D eigenvalue weighted by atomic mass is 9.89. The Morgan fingerprint density at radius 1 is 0.900 bits per heavy atom. The molecule has 0 saturated heterocycles. The Labute approximate surface area is 120 Å². The molecule has 4 rings (SSSR count). The molecular weight excluding hydrogens is 240 g/mol. The lowest BCUT2D eigenvalue weighted by molar-refractivity contribution is 1.22. The Balaban J connectivity index is 2.25. The fraction of sp³-hybridized carbons (Fsp3) is 0.200. The van der Waals surface area contributed by atoms with E-state index in [1.165, 1.54) is 49.7 Å². The van der Waals surface area contributed by atoms with Crippen molar-refractivity contribution in [1.29, 1.82) is 0 Å². The van der Waals surface area contributed by atoms with Crippen molar-refractivity contribution in [2.75, 3.05) is 0 Å². The minimum Gasteiger partial charge on any atom is -0.0581 e. The first-order valence-electron chi connectivity index (χ1n) is 7.26. The number of allylic oxidation sites excluding steroid dienone is 4. The third-order valence-corrected chi connectivity index (χ3v) is 4.66. The molecule has 2 aliphatic carbocycles. The summed E-state index contributed by atoms with van der Waals surface area (Å²) in [5.41, 5.74) is 9.80. The molecule has 0 unspecified atom stereocenters. The van der Waals surface area contributed by atoms with Crippen LogP contribution in [0.4, 0.5) is 0 Å². The molecule has 0 amide bonds. The molecule has 2 aromatic rings.